The third kappa shape index (κ3) is 3.18. The summed E-state index contributed by atoms with van der Waals surface area (Å²) in [6, 6.07) is 7.63. The maximum atomic E-state index is 11.3. The minimum atomic E-state index is -0.958. The quantitative estimate of drug-likeness (QED) is 0.624. The van der Waals surface area contributed by atoms with E-state index in [0.717, 1.165) is 5.56 Å². The molecule has 1 aliphatic heterocycles. The lowest BCUT2D eigenvalue weighted by atomic mass is 9.74. The number of hydrogen-bond acceptors (Lipinski definition) is 5. The summed E-state index contributed by atoms with van der Waals surface area (Å²) in [6.45, 7) is 4.20. The van der Waals surface area contributed by atoms with Crippen LogP contribution in [0.4, 0.5) is 0 Å². The van der Waals surface area contributed by atoms with Crippen molar-refractivity contribution in [1.29, 1.82) is 0 Å². The molecule has 1 aromatic carbocycles. The highest BCUT2D eigenvalue weighted by Gasteiger charge is 2.56. The van der Waals surface area contributed by atoms with E-state index >= 15 is 0 Å². The van der Waals surface area contributed by atoms with Gasteiger partial charge in [-0.3, -0.25) is 25.1 Å². The van der Waals surface area contributed by atoms with Gasteiger partial charge in [-0.05, 0) is 19.4 Å². The molecule has 0 N–H and O–H groups in total. The Morgan fingerprint density at radius 3 is 2.00 bits per heavy atom. The van der Waals surface area contributed by atoms with Crippen molar-refractivity contribution in [3.63, 3.8) is 0 Å². The molecule has 21 heavy (non-hydrogen) atoms. The Kier molecular flexibility index (Phi) is 4.22. The maximum Gasteiger partial charge on any atom is 0.237 e. The zero-order chi connectivity index (χ0) is 15.6. The third-order valence-electron chi connectivity index (χ3n) is 4.34. The number of piperidine rings is 1. The zero-order valence-corrected chi connectivity index (χ0v) is 12.1. The van der Waals surface area contributed by atoms with Crippen LogP contribution >= 0.6 is 0 Å². The second kappa shape index (κ2) is 5.77. The van der Waals surface area contributed by atoms with Gasteiger partial charge in [0.15, 0.2) is 0 Å². The van der Waals surface area contributed by atoms with E-state index in [4.69, 9.17) is 0 Å². The summed E-state index contributed by atoms with van der Waals surface area (Å²) in [5.74, 6) is 0. The third-order valence-corrected chi connectivity index (χ3v) is 4.34. The van der Waals surface area contributed by atoms with Gasteiger partial charge in [0.2, 0.25) is 12.1 Å². The summed E-state index contributed by atoms with van der Waals surface area (Å²) in [6.07, 6.45) is 0. The summed E-state index contributed by atoms with van der Waals surface area (Å²) in [5.41, 5.74) is 0.0432. The Labute approximate surface area is 122 Å². The average Bonchev–Trinajstić information content (AvgIpc) is 2.40. The number of benzene rings is 1. The number of nitrogens with zero attached hydrogens (tertiary/aromatic N) is 3. The summed E-state index contributed by atoms with van der Waals surface area (Å²) in [7, 11) is 0. The molecule has 1 fully saturated rings. The first-order valence-electron chi connectivity index (χ1n) is 6.85. The molecule has 2 atom stereocenters. The number of nitro groups is 2. The number of likely N-dealkylation sites (tertiary alicyclic amines) is 1. The fourth-order valence-electron chi connectivity index (χ4n) is 2.90. The number of rotatable bonds is 4. The predicted molar refractivity (Wildman–Crippen MR) is 77.1 cm³/mol. The van der Waals surface area contributed by atoms with Gasteiger partial charge in [0.05, 0.1) is 13.1 Å². The van der Waals surface area contributed by atoms with Crippen molar-refractivity contribution in [2.75, 3.05) is 13.1 Å². The first-order valence-corrected chi connectivity index (χ1v) is 6.85. The lowest BCUT2D eigenvalue weighted by Crippen LogP contribution is -2.61. The molecule has 0 aliphatic carbocycles. The molecule has 7 nitrogen and oxygen atoms in total. The first-order chi connectivity index (χ1) is 9.82. The van der Waals surface area contributed by atoms with E-state index in [0.29, 0.717) is 6.54 Å². The maximum absolute atomic E-state index is 11.3. The predicted octanol–water partition coefficient (Wildman–Crippen LogP) is 1.82. The van der Waals surface area contributed by atoms with Crippen LogP contribution in [-0.2, 0) is 6.54 Å². The van der Waals surface area contributed by atoms with Gasteiger partial charge in [-0.15, -0.1) is 0 Å². The van der Waals surface area contributed by atoms with Crippen molar-refractivity contribution >= 4 is 0 Å². The molecule has 0 amide bonds. The van der Waals surface area contributed by atoms with Gasteiger partial charge in [-0.1, -0.05) is 30.3 Å². The van der Waals surface area contributed by atoms with Crippen LogP contribution in [0.2, 0.25) is 0 Å². The van der Waals surface area contributed by atoms with Gasteiger partial charge < -0.3 is 0 Å². The smallest absolute Gasteiger partial charge is 0.237 e. The number of hydrogen-bond donors (Lipinski definition) is 0. The van der Waals surface area contributed by atoms with Gasteiger partial charge in [0.1, 0.15) is 5.41 Å². The van der Waals surface area contributed by atoms with Gasteiger partial charge in [0.25, 0.3) is 0 Å². The Balaban J connectivity index is 2.22. The van der Waals surface area contributed by atoms with Crippen LogP contribution in [-0.4, -0.2) is 39.9 Å². The molecule has 1 saturated heterocycles. The topological polar surface area (TPSA) is 89.5 Å². The highest BCUT2D eigenvalue weighted by Crippen LogP contribution is 2.34. The van der Waals surface area contributed by atoms with Gasteiger partial charge in [0, 0.05) is 16.4 Å². The largest absolute Gasteiger partial charge is 0.286 e. The fraction of sp³-hybridized carbons (Fsp3) is 0.571. The molecule has 0 saturated carbocycles. The first kappa shape index (κ1) is 15.4. The fourth-order valence-corrected chi connectivity index (χ4v) is 2.90. The molecular formula is C14H19N3O4. The molecule has 114 valence electrons. The van der Waals surface area contributed by atoms with Crippen molar-refractivity contribution in [1.82, 2.24) is 4.90 Å². The Hall–Kier alpha value is -2.02. The monoisotopic (exact) mass is 293 g/mol. The Morgan fingerprint density at radius 2 is 1.57 bits per heavy atom. The summed E-state index contributed by atoms with van der Waals surface area (Å²) < 4.78 is 0. The highest BCUT2D eigenvalue weighted by atomic mass is 16.6. The van der Waals surface area contributed by atoms with Crippen molar-refractivity contribution in [3.05, 3.63) is 56.1 Å². The lowest BCUT2D eigenvalue weighted by molar-refractivity contribution is -0.599. The molecule has 1 aliphatic rings. The van der Waals surface area contributed by atoms with E-state index in [9.17, 15) is 20.2 Å². The van der Waals surface area contributed by atoms with E-state index in [-0.39, 0.29) is 22.9 Å². The van der Waals surface area contributed by atoms with E-state index in [1.165, 1.54) is 0 Å². The van der Waals surface area contributed by atoms with Crippen molar-refractivity contribution < 1.29 is 9.85 Å². The normalized spacial score (nSPS) is 25.4. The average molecular weight is 293 g/mol. The van der Waals surface area contributed by atoms with E-state index in [1.807, 2.05) is 35.2 Å². The van der Waals surface area contributed by atoms with E-state index in [2.05, 4.69) is 0 Å². The van der Waals surface area contributed by atoms with Crippen molar-refractivity contribution in [2.24, 2.45) is 5.41 Å². The molecule has 0 spiro atoms. The van der Waals surface area contributed by atoms with Gasteiger partial charge in [-0.25, -0.2) is 0 Å². The molecule has 7 heteroatoms. The molecule has 0 radical (unpaired) electrons. The van der Waals surface area contributed by atoms with Crippen molar-refractivity contribution in [3.8, 4) is 0 Å². The molecular weight excluding hydrogens is 274 g/mol. The minimum Gasteiger partial charge on any atom is -0.286 e. The molecule has 0 aromatic heterocycles. The van der Waals surface area contributed by atoms with Gasteiger partial charge in [-0.2, -0.15) is 0 Å². The standard InChI is InChI=1S/C14H19N3O4/c1-14(2)12(16(18)19)9-15(10-13(14)17(20)21)8-11-6-4-3-5-7-11/h3-7,12-13H,8-10H2,1-2H3/t12-,13-/m0/s1. The van der Waals surface area contributed by atoms with E-state index in [1.54, 1.807) is 13.8 Å². The minimum absolute atomic E-state index is 0.235. The Bertz CT molecular complexity index is 506. The summed E-state index contributed by atoms with van der Waals surface area (Å²) in [4.78, 5) is 23.6. The van der Waals surface area contributed by atoms with Crippen molar-refractivity contribution in [2.45, 2.75) is 32.5 Å². The van der Waals surface area contributed by atoms with Crippen LogP contribution < -0.4 is 0 Å². The molecule has 1 aromatic rings. The summed E-state index contributed by atoms with van der Waals surface area (Å²) >= 11 is 0. The van der Waals surface area contributed by atoms with Crippen LogP contribution in [0.3, 0.4) is 0 Å². The lowest BCUT2D eigenvalue weighted by Gasteiger charge is -2.40. The molecule has 1 heterocycles. The second-order valence-corrected chi connectivity index (χ2v) is 6.10. The zero-order valence-electron chi connectivity index (χ0n) is 12.1. The van der Waals surface area contributed by atoms with Crippen LogP contribution in [0.15, 0.2) is 30.3 Å². The molecule has 0 unspecified atom stereocenters. The van der Waals surface area contributed by atoms with Gasteiger partial charge >= 0.3 is 0 Å². The van der Waals surface area contributed by atoms with Crippen LogP contribution in [0.1, 0.15) is 19.4 Å². The second-order valence-electron chi connectivity index (χ2n) is 6.10. The van der Waals surface area contributed by atoms with Crippen LogP contribution in [0.25, 0.3) is 0 Å². The van der Waals surface area contributed by atoms with E-state index < -0.39 is 17.5 Å². The van der Waals surface area contributed by atoms with Crippen LogP contribution in [0.5, 0.6) is 0 Å². The Morgan fingerprint density at radius 1 is 1.10 bits per heavy atom. The SMILES string of the molecule is CC1(C)[C@@H]([N+](=O)[O-])CN(Cc2ccccc2)C[C@@H]1[N+](=O)[O-]. The molecule has 0 bridgehead atoms. The highest BCUT2D eigenvalue weighted by molar-refractivity contribution is 5.14. The summed E-state index contributed by atoms with van der Waals surface area (Å²) in [5, 5.41) is 22.6. The molecule has 2 rings (SSSR count). The van der Waals surface area contributed by atoms with Crippen LogP contribution in [0, 0.1) is 25.6 Å².